The molecule has 152 valence electrons. The molecule has 0 aromatic carbocycles. The lowest BCUT2D eigenvalue weighted by Crippen LogP contribution is -2.50. The molecule has 2 aliphatic rings. The van der Waals surface area contributed by atoms with Crippen LogP contribution in [0.15, 0.2) is 6.20 Å². The van der Waals surface area contributed by atoms with Crippen LogP contribution in [0.5, 0.6) is 0 Å². The predicted molar refractivity (Wildman–Crippen MR) is 105 cm³/mol. The summed E-state index contributed by atoms with van der Waals surface area (Å²) in [6.07, 6.45) is 6.65. The summed E-state index contributed by atoms with van der Waals surface area (Å²) in [6, 6.07) is 0.617. The Morgan fingerprint density at radius 1 is 1.30 bits per heavy atom. The molecule has 3 heterocycles. The number of ether oxygens (including phenoxy) is 1. The highest BCUT2D eigenvalue weighted by molar-refractivity contribution is 5.78. The van der Waals surface area contributed by atoms with Gasteiger partial charge in [0.15, 0.2) is 0 Å². The van der Waals surface area contributed by atoms with Gasteiger partial charge in [-0.15, -0.1) is 0 Å². The second-order valence-electron chi connectivity index (χ2n) is 8.04. The molecule has 2 fully saturated rings. The molecule has 0 radical (unpaired) electrons. The molecule has 2 aliphatic heterocycles. The number of aryl methyl sites for hydroxylation is 2. The van der Waals surface area contributed by atoms with Crippen molar-refractivity contribution in [1.29, 1.82) is 0 Å². The van der Waals surface area contributed by atoms with Crippen molar-refractivity contribution in [2.45, 2.75) is 45.2 Å². The smallest absolute Gasteiger partial charge is 0.224 e. The van der Waals surface area contributed by atoms with Crippen LogP contribution in [0.4, 0.5) is 0 Å². The van der Waals surface area contributed by atoms with Crippen LogP contribution in [0.25, 0.3) is 0 Å². The van der Waals surface area contributed by atoms with Crippen molar-refractivity contribution in [3.63, 3.8) is 0 Å². The molecule has 2 saturated heterocycles. The molecule has 1 amide bonds. The van der Waals surface area contributed by atoms with Crippen LogP contribution >= 0.6 is 0 Å². The first-order chi connectivity index (χ1) is 13.1. The number of rotatable bonds is 7. The first kappa shape index (κ1) is 20.3. The van der Waals surface area contributed by atoms with Crippen LogP contribution < -0.4 is 5.32 Å². The molecule has 0 unspecified atom stereocenters. The maximum Gasteiger partial charge on any atom is 0.224 e. The molecule has 1 N–H and O–H groups in total. The number of nitrogens with zero attached hydrogens (tertiary/aromatic N) is 4. The van der Waals surface area contributed by atoms with Gasteiger partial charge in [-0.25, -0.2) is 0 Å². The fraction of sp³-hybridized carbons (Fsp3) is 0.800. The Balaban J connectivity index is 1.44. The van der Waals surface area contributed by atoms with E-state index in [2.05, 4.69) is 33.3 Å². The minimum absolute atomic E-state index is 0.131. The van der Waals surface area contributed by atoms with E-state index in [9.17, 15) is 4.79 Å². The summed E-state index contributed by atoms with van der Waals surface area (Å²) in [5.41, 5.74) is 2.47. The molecule has 0 spiro atoms. The molecular weight excluding hydrogens is 342 g/mol. The number of amides is 1. The van der Waals surface area contributed by atoms with Crippen molar-refractivity contribution < 1.29 is 9.53 Å². The van der Waals surface area contributed by atoms with Gasteiger partial charge in [-0.1, -0.05) is 0 Å². The summed E-state index contributed by atoms with van der Waals surface area (Å²) >= 11 is 0. The predicted octanol–water partition coefficient (Wildman–Crippen LogP) is 1.17. The van der Waals surface area contributed by atoms with E-state index in [4.69, 9.17) is 4.74 Å². The highest BCUT2D eigenvalue weighted by atomic mass is 16.5. The molecule has 1 atom stereocenters. The van der Waals surface area contributed by atoms with E-state index >= 15 is 0 Å². The summed E-state index contributed by atoms with van der Waals surface area (Å²) in [5, 5.41) is 7.46. The van der Waals surface area contributed by atoms with Crippen molar-refractivity contribution in [2.75, 3.05) is 46.4 Å². The lowest BCUT2D eigenvalue weighted by atomic mass is 9.93. The Kier molecular flexibility index (Phi) is 7.26. The molecule has 0 bridgehead atoms. The van der Waals surface area contributed by atoms with Gasteiger partial charge >= 0.3 is 0 Å². The third-order valence-corrected chi connectivity index (χ3v) is 6.01. The van der Waals surface area contributed by atoms with Crippen molar-refractivity contribution in [3.8, 4) is 0 Å². The van der Waals surface area contributed by atoms with Gasteiger partial charge in [0.05, 0.1) is 18.2 Å². The van der Waals surface area contributed by atoms with Gasteiger partial charge in [0.2, 0.25) is 5.91 Å². The number of hydrogen-bond acceptors (Lipinski definition) is 5. The zero-order chi connectivity index (χ0) is 19.2. The molecule has 27 heavy (non-hydrogen) atoms. The standard InChI is InChI=1S/C20H35N5O2/c1-16-18(13-23(2)22-16)14-24-10-6-19(7-11-24)25-9-4-5-17(15-25)20(26)21-8-12-27-3/h13,17,19H,4-12,14-15H2,1-3H3,(H,21,26)/t17-/m1/s1. The Morgan fingerprint density at radius 3 is 2.74 bits per heavy atom. The van der Waals surface area contributed by atoms with Crippen molar-refractivity contribution >= 4 is 5.91 Å². The monoisotopic (exact) mass is 377 g/mol. The van der Waals surface area contributed by atoms with Gasteiger partial charge in [0.1, 0.15) is 0 Å². The number of likely N-dealkylation sites (tertiary alicyclic amines) is 2. The quantitative estimate of drug-likeness (QED) is 0.723. The molecule has 1 aromatic heterocycles. The SMILES string of the molecule is COCCNC(=O)[C@@H]1CCCN(C2CCN(Cc3cn(C)nc3C)CC2)C1. The third-order valence-electron chi connectivity index (χ3n) is 6.01. The molecule has 1 aromatic rings. The van der Waals surface area contributed by atoms with E-state index in [1.54, 1.807) is 7.11 Å². The molecule has 0 saturated carbocycles. The van der Waals surface area contributed by atoms with E-state index in [-0.39, 0.29) is 11.8 Å². The van der Waals surface area contributed by atoms with E-state index in [0.717, 1.165) is 51.3 Å². The molecule has 3 rings (SSSR count). The summed E-state index contributed by atoms with van der Waals surface area (Å²) in [4.78, 5) is 17.5. The van der Waals surface area contributed by atoms with Crippen LogP contribution in [0.3, 0.4) is 0 Å². The van der Waals surface area contributed by atoms with E-state index < -0.39 is 0 Å². The number of carbonyl (C=O) groups is 1. The van der Waals surface area contributed by atoms with Gasteiger partial charge in [0.25, 0.3) is 0 Å². The Bertz CT molecular complexity index is 610. The van der Waals surface area contributed by atoms with E-state index in [1.807, 2.05) is 11.7 Å². The van der Waals surface area contributed by atoms with Gasteiger partial charge in [-0.05, 0) is 52.2 Å². The van der Waals surface area contributed by atoms with Gasteiger partial charge < -0.3 is 10.1 Å². The largest absolute Gasteiger partial charge is 0.383 e. The second-order valence-corrected chi connectivity index (χ2v) is 8.04. The Labute approximate surface area is 163 Å². The molecule has 7 heteroatoms. The zero-order valence-electron chi connectivity index (χ0n) is 17.1. The molecule has 0 aliphatic carbocycles. The topological polar surface area (TPSA) is 62.6 Å². The number of piperidine rings is 2. The van der Waals surface area contributed by atoms with Gasteiger partial charge in [0, 0.05) is 51.6 Å². The number of aromatic nitrogens is 2. The lowest BCUT2D eigenvalue weighted by molar-refractivity contribution is -0.127. The summed E-state index contributed by atoms with van der Waals surface area (Å²) in [6.45, 7) is 8.57. The maximum absolute atomic E-state index is 12.4. The van der Waals surface area contributed by atoms with Gasteiger partial charge in [-0.3, -0.25) is 19.3 Å². The minimum atomic E-state index is 0.131. The summed E-state index contributed by atoms with van der Waals surface area (Å²) < 4.78 is 6.93. The van der Waals surface area contributed by atoms with Crippen molar-refractivity contribution in [3.05, 3.63) is 17.5 Å². The van der Waals surface area contributed by atoms with Crippen LogP contribution in [-0.4, -0.2) is 78.0 Å². The normalized spacial score (nSPS) is 22.9. The van der Waals surface area contributed by atoms with E-state index in [1.165, 1.54) is 18.4 Å². The van der Waals surface area contributed by atoms with E-state index in [0.29, 0.717) is 19.2 Å². The first-order valence-corrected chi connectivity index (χ1v) is 10.3. The first-order valence-electron chi connectivity index (χ1n) is 10.3. The average Bonchev–Trinajstić information content (AvgIpc) is 2.99. The Morgan fingerprint density at radius 2 is 2.07 bits per heavy atom. The fourth-order valence-corrected chi connectivity index (χ4v) is 4.46. The number of carbonyl (C=O) groups excluding carboxylic acids is 1. The minimum Gasteiger partial charge on any atom is -0.383 e. The third kappa shape index (κ3) is 5.53. The fourth-order valence-electron chi connectivity index (χ4n) is 4.46. The Hall–Kier alpha value is -1.44. The van der Waals surface area contributed by atoms with Crippen molar-refractivity contribution in [1.82, 2.24) is 24.9 Å². The highest BCUT2D eigenvalue weighted by Crippen LogP contribution is 2.25. The number of methoxy groups -OCH3 is 1. The average molecular weight is 378 g/mol. The van der Waals surface area contributed by atoms with Crippen LogP contribution in [0, 0.1) is 12.8 Å². The number of nitrogens with one attached hydrogen (secondary N) is 1. The van der Waals surface area contributed by atoms with Gasteiger partial charge in [-0.2, -0.15) is 5.10 Å². The lowest BCUT2D eigenvalue weighted by Gasteiger charge is -2.42. The summed E-state index contributed by atoms with van der Waals surface area (Å²) in [5.74, 6) is 0.327. The second kappa shape index (κ2) is 9.66. The van der Waals surface area contributed by atoms with Crippen LogP contribution in [0.1, 0.15) is 36.9 Å². The number of hydrogen-bond donors (Lipinski definition) is 1. The maximum atomic E-state index is 12.4. The van der Waals surface area contributed by atoms with Crippen LogP contribution in [-0.2, 0) is 23.1 Å². The van der Waals surface area contributed by atoms with Crippen LogP contribution in [0.2, 0.25) is 0 Å². The molecule has 7 nitrogen and oxygen atoms in total. The van der Waals surface area contributed by atoms with Crippen molar-refractivity contribution in [2.24, 2.45) is 13.0 Å². The zero-order valence-corrected chi connectivity index (χ0v) is 17.1. The molecular formula is C20H35N5O2. The summed E-state index contributed by atoms with van der Waals surface area (Å²) in [7, 11) is 3.65. The highest BCUT2D eigenvalue weighted by Gasteiger charge is 2.31.